The molecule has 1 fully saturated rings. The molecule has 0 saturated carbocycles. The Labute approximate surface area is 321 Å². The summed E-state index contributed by atoms with van der Waals surface area (Å²) < 4.78 is 40.1. The van der Waals surface area contributed by atoms with Crippen LogP contribution in [0.15, 0.2) is 146 Å². The number of hydrogen-bond donors (Lipinski definition) is 1. The van der Waals surface area contributed by atoms with Gasteiger partial charge < -0.3 is 33.5 Å². The number of rotatable bonds is 19. The lowest BCUT2D eigenvalue weighted by Crippen LogP contribution is -2.58. The summed E-state index contributed by atoms with van der Waals surface area (Å²) in [6.45, 7) is 5.35. The molecule has 0 spiro atoms. The van der Waals surface area contributed by atoms with Gasteiger partial charge in [-0.05, 0) is 39.9 Å². The van der Waals surface area contributed by atoms with Gasteiger partial charge in [0.05, 0.1) is 39.5 Å². The van der Waals surface area contributed by atoms with Gasteiger partial charge in [0.15, 0.2) is 0 Å². The van der Waals surface area contributed by atoms with Gasteiger partial charge >= 0.3 is 5.97 Å². The largest absolute Gasteiger partial charge is 0.489 e. The molecule has 6 rings (SSSR count). The van der Waals surface area contributed by atoms with Gasteiger partial charge in [0.25, 0.3) is 0 Å². The molecule has 8 nitrogen and oxygen atoms in total. The van der Waals surface area contributed by atoms with Gasteiger partial charge in [-0.25, -0.2) is 0 Å². The predicted octanol–water partition coefficient (Wildman–Crippen LogP) is 8.94. The number of carboxylic acids is 1. The van der Waals surface area contributed by atoms with Crippen molar-refractivity contribution < 1.29 is 38.3 Å². The van der Waals surface area contributed by atoms with Crippen molar-refractivity contribution in [3.63, 3.8) is 0 Å². The first-order valence-corrected chi connectivity index (χ1v) is 18.4. The number of carboxylic acid groups (broad SMARTS) is 1. The Morgan fingerprint density at radius 3 is 1.67 bits per heavy atom. The predicted molar refractivity (Wildman–Crippen MR) is 207 cm³/mol. The van der Waals surface area contributed by atoms with Gasteiger partial charge in [0.2, 0.25) is 0 Å². The molecule has 0 bridgehead atoms. The van der Waals surface area contributed by atoms with E-state index in [-0.39, 0.29) is 37.9 Å². The molecule has 1 heterocycles. The van der Waals surface area contributed by atoms with Crippen LogP contribution in [-0.4, -0.2) is 48.7 Å². The molecule has 1 N–H and O–H groups in total. The first kappa shape index (κ1) is 38.9. The van der Waals surface area contributed by atoms with Gasteiger partial charge in [-0.1, -0.05) is 146 Å². The Hall–Kier alpha value is -4.80. The molecule has 5 atom stereocenters. The van der Waals surface area contributed by atoms with E-state index < -0.39 is 36.5 Å². The molecule has 5 aromatic rings. The van der Waals surface area contributed by atoms with Crippen molar-refractivity contribution in [3.05, 3.63) is 185 Å². The van der Waals surface area contributed by atoms with Gasteiger partial charge in [-0.2, -0.15) is 0 Å². The molecule has 1 aliphatic heterocycles. The molecule has 280 valence electrons. The van der Waals surface area contributed by atoms with E-state index >= 15 is 0 Å². The molecule has 1 aliphatic rings. The fraction of sp³-hybridized carbons (Fsp3) is 0.267. The molecular formula is C45H45ClO8. The van der Waals surface area contributed by atoms with Crippen molar-refractivity contribution >= 4 is 17.6 Å². The summed E-state index contributed by atoms with van der Waals surface area (Å²) in [5, 5.41) is 10.1. The maximum absolute atomic E-state index is 12.0. The van der Waals surface area contributed by atoms with Crippen molar-refractivity contribution in [2.75, 3.05) is 13.2 Å². The first-order valence-electron chi connectivity index (χ1n) is 18.0. The molecule has 54 heavy (non-hydrogen) atoms. The minimum atomic E-state index is -1.02. The zero-order valence-corrected chi connectivity index (χ0v) is 30.8. The monoisotopic (exact) mass is 748 g/mol. The number of carbonyl (C=O) groups is 1. The molecule has 0 amide bonds. The van der Waals surface area contributed by atoms with E-state index in [9.17, 15) is 9.90 Å². The highest BCUT2D eigenvalue weighted by Crippen LogP contribution is 2.43. The number of ether oxygens (including phenoxy) is 6. The second-order valence-electron chi connectivity index (χ2n) is 13.0. The Bertz CT molecular complexity index is 1890. The van der Waals surface area contributed by atoms with E-state index in [0.29, 0.717) is 30.1 Å². The molecule has 0 unspecified atom stereocenters. The average molecular weight is 749 g/mol. The van der Waals surface area contributed by atoms with Crippen molar-refractivity contribution in [2.24, 2.45) is 0 Å². The quantitative estimate of drug-likeness (QED) is 0.0838. The molecule has 1 saturated heterocycles. The van der Waals surface area contributed by atoms with Crippen LogP contribution in [0.1, 0.15) is 39.5 Å². The summed E-state index contributed by atoms with van der Waals surface area (Å²) in [6, 6.07) is 43.0. The number of aliphatic carboxylic acids is 1. The highest BCUT2D eigenvalue weighted by atomic mass is 35.5. The summed E-state index contributed by atoms with van der Waals surface area (Å²) in [7, 11) is 0. The fourth-order valence-electron chi connectivity index (χ4n) is 6.45. The third-order valence-electron chi connectivity index (χ3n) is 9.07. The normalized spacial score (nSPS) is 19.6. The smallest absolute Gasteiger partial charge is 0.307 e. The maximum Gasteiger partial charge on any atom is 0.307 e. The lowest BCUT2D eigenvalue weighted by molar-refractivity contribution is -0.275. The molecule has 0 aliphatic carbocycles. The summed E-state index contributed by atoms with van der Waals surface area (Å²) in [5.41, 5.74) is 4.92. The van der Waals surface area contributed by atoms with E-state index in [4.69, 9.17) is 40.0 Å². The van der Waals surface area contributed by atoms with Crippen LogP contribution in [0.3, 0.4) is 0 Å². The Morgan fingerprint density at radius 2 is 1.17 bits per heavy atom. The third-order valence-corrected chi connectivity index (χ3v) is 9.42. The van der Waals surface area contributed by atoms with Crippen LogP contribution in [-0.2, 0) is 61.3 Å². The van der Waals surface area contributed by atoms with E-state index in [1.807, 2.05) is 121 Å². The molecule has 0 aromatic heterocycles. The SMILES string of the molecule is C=CCOc1cc(Cl)c(CC(=O)O)cc1[C@@H]1O[C@H](COCc2ccccc2)[C@@H](OCc2ccccc2)[C@H](OCc2ccccc2)[C@H]1OCc1ccccc1. The van der Waals surface area contributed by atoms with Gasteiger partial charge in [-0.3, -0.25) is 4.79 Å². The van der Waals surface area contributed by atoms with Crippen molar-refractivity contribution in [3.8, 4) is 5.75 Å². The van der Waals surface area contributed by atoms with Crippen LogP contribution in [0, 0.1) is 0 Å². The van der Waals surface area contributed by atoms with Crippen LogP contribution in [0.4, 0.5) is 0 Å². The fourth-order valence-corrected chi connectivity index (χ4v) is 6.67. The first-order chi connectivity index (χ1) is 26.5. The standard InChI is InChI=1S/C45H45ClO8/c1-2-23-50-39-26-38(46)36(25-41(47)48)24-37(39)42-44(52-29-34-19-11-5-12-20-34)45(53-30-35-21-13-6-14-22-35)43(51-28-33-17-9-4-10-18-33)40(54-42)31-49-27-32-15-7-3-8-16-32/h2-22,24,26,40,42-45H,1,23,25,27-31H2,(H,47,48)/t40-,42+,43-,44+,45+/m1/s1. The summed E-state index contributed by atoms with van der Waals surface area (Å²) in [5.74, 6) is -0.601. The minimum Gasteiger partial charge on any atom is -0.489 e. The van der Waals surface area contributed by atoms with E-state index in [0.717, 1.165) is 22.3 Å². The van der Waals surface area contributed by atoms with Crippen LogP contribution in [0.5, 0.6) is 5.75 Å². The Balaban J connectivity index is 1.44. The number of benzene rings is 5. The molecule has 9 heteroatoms. The van der Waals surface area contributed by atoms with E-state index in [1.54, 1.807) is 18.2 Å². The van der Waals surface area contributed by atoms with E-state index in [1.165, 1.54) is 0 Å². The zero-order chi connectivity index (χ0) is 37.5. The van der Waals surface area contributed by atoms with Crippen molar-refractivity contribution in [1.82, 2.24) is 0 Å². The molecular weight excluding hydrogens is 704 g/mol. The summed E-state index contributed by atoms with van der Waals surface area (Å²) in [4.78, 5) is 12.0. The lowest BCUT2D eigenvalue weighted by Gasteiger charge is -2.46. The molecule has 5 aromatic carbocycles. The topological polar surface area (TPSA) is 92.7 Å². The summed E-state index contributed by atoms with van der Waals surface area (Å²) in [6.07, 6.45) is -2.22. The van der Waals surface area contributed by atoms with Crippen LogP contribution in [0.2, 0.25) is 5.02 Å². The third kappa shape index (κ3) is 10.9. The van der Waals surface area contributed by atoms with Gasteiger partial charge in [0, 0.05) is 10.6 Å². The maximum atomic E-state index is 12.0. The zero-order valence-electron chi connectivity index (χ0n) is 30.0. The van der Waals surface area contributed by atoms with Crippen molar-refractivity contribution in [2.45, 2.75) is 63.4 Å². The second-order valence-corrected chi connectivity index (χ2v) is 13.4. The lowest BCUT2D eigenvalue weighted by atomic mass is 9.89. The van der Waals surface area contributed by atoms with Crippen LogP contribution in [0.25, 0.3) is 0 Å². The van der Waals surface area contributed by atoms with Gasteiger partial charge in [0.1, 0.15) is 42.9 Å². The minimum absolute atomic E-state index is 0.167. The highest BCUT2D eigenvalue weighted by Gasteiger charge is 2.50. The average Bonchev–Trinajstić information content (AvgIpc) is 3.20. The highest BCUT2D eigenvalue weighted by molar-refractivity contribution is 6.31. The summed E-state index contributed by atoms with van der Waals surface area (Å²) >= 11 is 6.66. The number of hydrogen-bond acceptors (Lipinski definition) is 7. The van der Waals surface area contributed by atoms with E-state index in [2.05, 4.69) is 6.58 Å². The van der Waals surface area contributed by atoms with Crippen LogP contribution < -0.4 is 4.74 Å². The van der Waals surface area contributed by atoms with Gasteiger partial charge in [-0.15, -0.1) is 0 Å². The van der Waals surface area contributed by atoms with Crippen LogP contribution >= 0.6 is 11.6 Å². The number of halogens is 1. The van der Waals surface area contributed by atoms with Crippen molar-refractivity contribution in [1.29, 1.82) is 0 Å². The molecule has 0 radical (unpaired) electrons. The Morgan fingerprint density at radius 1 is 0.685 bits per heavy atom. The second kappa shape index (κ2) is 20.0. The Kier molecular flexibility index (Phi) is 14.4.